The summed E-state index contributed by atoms with van der Waals surface area (Å²) in [7, 11) is 0. The van der Waals surface area contributed by atoms with Gasteiger partial charge in [0.25, 0.3) is 0 Å². The lowest BCUT2D eigenvalue weighted by Crippen LogP contribution is -2.41. The summed E-state index contributed by atoms with van der Waals surface area (Å²) < 4.78 is 5.41. The Morgan fingerprint density at radius 3 is 3.12 bits per heavy atom. The fourth-order valence-corrected chi connectivity index (χ4v) is 2.42. The van der Waals surface area contributed by atoms with E-state index in [0.717, 1.165) is 25.1 Å². The van der Waals surface area contributed by atoms with Crippen LogP contribution in [0.2, 0.25) is 0 Å². The van der Waals surface area contributed by atoms with Gasteiger partial charge in [0.2, 0.25) is 5.91 Å². The van der Waals surface area contributed by atoms with Crippen LogP contribution in [0.25, 0.3) is 0 Å². The van der Waals surface area contributed by atoms with E-state index in [2.05, 4.69) is 6.92 Å². The van der Waals surface area contributed by atoms with E-state index in [1.165, 1.54) is 0 Å². The molecule has 2 atom stereocenters. The molecule has 1 saturated heterocycles. The number of carbonyl (C=O) groups excluding carboxylic acids is 1. The predicted molar refractivity (Wildman–Crippen MR) is 62.3 cm³/mol. The molecule has 2 heterocycles. The molecule has 2 rings (SSSR count). The summed E-state index contributed by atoms with van der Waals surface area (Å²) in [4.78, 5) is 13.6. The second-order valence-electron chi connectivity index (χ2n) is 4.38. The summed E-state index contributed by atoms with van der Waals surface area (Å²) >= 11 is 5.63. The first kappa shape index (κ1) is 11.5. The Morgan fingerprint density at radius 1 is 1.69 bits per heavy atom. The zero-order valence-corrected chi connectivity index (χ0v) is 10.1. The van der Waals surface area contributed by atoms with Crippen molar-refractivity contribution in [3.05, 3.63) is 24.2 Å². The van der Waals surface area contributed by atoms with E-state index in [0.29, 0.717) is 5.92 Å². The van der Waals surface area contributed by atoms with E-state index in [1.54, 1.807) is 6.26 Å². The molecular formula is C12H16ClNO2. The molecule has 1 amide bonds. The highest BCUT2D eigenvalue weighted by Gasteiger charge is 2.31. The van der Waals surface area contributed by atoms with Crippen LogP contribution in [0.1, 0.15) is 31.6 Å². The molecule has 0 radical (unpaired) electrons. The van der Waals surface area contributed by atoms with Crippen LogP contribution in [0.15, 0.2) is 22.8 Å². The van der Waals surface area contributed by atoms with Crippen LogP contribution in [0.4, 0.5) is 0 Å². The highest BCUT2D eigenvalue weighted by atomic mass is 35.5. The van der Waals surface area contributed by atoms with Crippen LogP contribution < -0.4 is 0 Å². The van der Waals surface area contributed by atoms with Gasteiger partial charge in [-0.25, -0.2) is 0 Å². The van der Waals surface area contributed by atoms with Crippen LogP contribution in [0.3, 0.4) is 0 Å². The number of halogens is 1. The Bertz CT molecular complexity index is 350. The Balaban J connectivity index is 2.19. The summed E-state index contributed by atoms with van der Waals surface area (Å²) in [5.41, 5.74) is 0. The molecule has 1 fully saturated rings. The molecule has 88 valence electrons. The van der Waals surface area contributed by atoms with Crippen LogP contribution in [-0.4, -0.2) is 23.2 Å². The van der Waals surface area contributed by atoms with Crippen molar-refractivity contribution in [2.24, 2.45) is 5.92 Å². The number of hydrogen-bond donors (Lipinski definition) is 0. The van der Waals surface area contributed by atoms with Crippen molar-refractivity contribution in [1.29, 1.82) is 0 Å². The van der Waals surface area contributed by atoms with Gasteiger partial charge in [-0.2, -0.15) is 0 Å². The lowest BCUT2D eigenvalue weighted by molar-refractivity contribution is -0.133. The van der Waals surface area contributed by atoms with E-state index in [4.69, 9.17) is 16.0 Å². The molecule has 1 aliphatic rings. The Hall–Kier alpha value is -0.960. The average molecular weight is 242 g/mol. The van der Waals surface area contributed by atoms with E-state index >= 15 is 0 Å². The molecule has 0 spiro atoms. The zero-order valence-electron chi connectivity index (χ0n) is 9.36. The van der Waals surface area contributed by atoms with Crippen LogP contribution in [0, 0.1) is 5.92 Å². The van der Waals surface area contributed by atoms with Gasteiger partial charge < -0.3 is 9.32 Å². The molecule has 4 heteroatoms. The number of amides is 1. The number of alkyl halides is 1. The molecule has 16 heavy (non-hydrogen) atoms. The predicted octanol–water partition coefficient (Wildman–Crippen LogP) is 2.82. The van der Waals surface area contributed by atoms with Crippen LogP contribution >= 0.6 is 11.6 Å². The van der Waals surface area contributed by atoms with Crippen molar-refractivity contribution >= 4 is 17.5 Å². The summed E-state index contributed by atoms with van der Waals surface area (Å²) in [6, 6.07) is 3.85. The van der Waals surface area contributed by atoms with E-state index < -0.39 is 0 Å². The van der Waals surface area contributed by atoms with Gasteiger partial charge in [-0.1, -0.05) is 6.92 Å². The van der Waals surface area contributed by atoms with E-state index in [-0.39, 0.29) is 17.8 Å². The second kappa shape index (κ2) is 4.91. The van der Waals surface area contributed by atoms with Gasteiger partial charge in [-0.3, -0.25) is 4.79 Å². The zero-order chi connectivity index (χ0) is 11.5. The summed E-state index contributed by atoms with van der Waals surface area (Å²) in [5.74, 6) is 1.53. The maximum Gasteiger partial charge on any atom is 0.238 e. The molecule has 0 aliphatic carbocycles. The highest BCUT2D eigenvalue weighted by Crippen LogP contribution is 2.34. The van der Waals surface area contributed by atoms with E-state index in [9.17, 15) is 4.79 Å². The first-order valence-corrected chi connectivity index (χ1v) is 6.14. The number of hydrogen-bond acceptors (Lipinski definition) is 2. The van der Waals surface area contributed by atoms with Gasteiger partial charge in [0.15, 0.2) is 0 Å². The molecule has 3 nitrogen and oxygen atoms in total. The van der Waals surface area contributed by atoms with Crippen molar-refractivity contribution < 1.29 is 9.21 Å². The molecule has 0 N–H and O–H groups in total. The van der Waals surface area contributed by atoms with Crippen LogP contribution in [0.5, 0.6) is 0 Å². The maximum atomic E-state index is 11.7. The third-order valence-corrected chi connectivity index (χ3v) is 3.40. The lowest BCUT2D eigenvalue weighted by atomic mass is 9.91. The average Bonchev–Trinajstić information content (AvgIpc) is 2.81. The SMILES string of the molecule is C[C@@H]1CCN(C(=O)CCl)[C@@H](c2ccco2)C1. The highest BCUT2D eigenvalue weighted by molar-refractivity contribution is 6.27. The third-order valence-electron chi connectivity index (χ3n) is 3.17. The van der Waals surface area contributed by atoms with Crippen molar-refractivity contribution in [1.82, 2.24) is 4.90 Å². The number of likely N-dealkylation sites (tertiary alicyclic amines) is 1. The lowest BCUT2D eigenvalue weighted by Gasteiger charge is -2.37. The normalized spacial score (nSPS) is 25.8. The minimum Gasteiger partial charge on any atom is -0.467 e. The van der Waals surface area contributed by atoms with Crippen LogP contribution in [-0.2, 0) is 4.79 Å². The molecule has 0 unspecified atom stereocenters. The van der Waals surface area contributed by atoms with Crippen molar-refractivity contribution in [2.45, 2.75) is 25.8 Å². The van der Waals surface area contributed by atoms with Crippen molar-refractivity contribution in [3.8, 4) is 0 Å². The quantitative estimate of drug-likeness (QED) is 0.746. The molecule has 0 bridgehead atoms. The molecule has 0 saturated carbocycles. The molecule has 1 aliphatic heterocycles. The van der Waals surface area contributed by atoms with E-state index in [1.807, 2.05) is 17.0 Å². The first-order valence-electron chi connectivity index (χ1n) is 5.61. The summed E-state index contributed by atoms with van der Waals surface area (Å²) in [6.45, 7) is 2.98. The standard InChI is InChI=1S/C12H16ClNO2/c1-9-4-5-14(12(15)8-13)10(7-9)11-3-2-6-16-11/h2-3,6,9-10H,4-5,7-8H2,1H3/t9-,10-/m1/s1. The third kappa shape index (κ3) is 2.24. The largest absolute Gasteiger partial charge is 0.467 e. The van der Waals surface area contributed by atoms with Gasteiger partial charge in [0.05, 0.1) is 12.3 Å². The fourth-order valence-electron chi connectivity index (χ4n) is 2.27. The number of rotatable bonds is 2. The number of furan rings is 1. The second-order valence-corrected chi connectivity index (χ2v) is 4.65. The molecule has 0 aromatic carbocycles. The van der Waals surface area contributed by atoms with Gasteiger partial charge in [0, 0.05) is 6.54 Å². The Labute approximate surface area is 100 Å². The van der Waals surface area contributed by atoms with Gasteiger partial charge >= 0.3 is 0 Å². The number of carbonyl (C=O) groups is 1. The van der Waals surface area contributed by atoms with Gasteiger partial charge in [0.1, 0.15) is 11.6 Å². The smallest absolute Gasteiger partial charge is 0.238 e. The Kier molecular flexibility index (Phi) is 3.54. The molecular weight excluding hydrogens is 226 g/mol. The minimum absolute atomic E-state index is 0.00466. The van der Waals surface area contributed by atoms with Crippen molar-refractivity contribution in [3.63, 3.8) is 0 Å². The van der Waals surface area contributed by atoms with Crippen molar-refractivity contribution in [2.75, 3.05) is 12.4 Å². The molecule has 1 aromatic rings. The topological polar surface area (TPSA) is 33.5 Å². The summed E-state index contributed by atoms with van der Waals surface area (Å²) in [6.07, 6.45) is 3.65. The Morgan fingerprint density at radius 2 is 2.50 bits per heavy atom. The number of piperidine rings is 1. The number of nitrogens with zero attached hydrogens (tertiary/aromatic N) is 1. The molecule has 1 aromatic heterocycles. The van der Waals surface area contributed by atoms with Gasteiger partial charge in [-0.05, 0) is 30.9 Å². The summed E-state index contributed by atoms with van der Waals surface area (Å²) in [5, 5.41) is 0. The minimum atomic E-state index is -0.00466. The monoisotopic (exact) mass is 241 g/mol. The van der Waals surface area contributed by atoms with Gasteiger partial charge in [-0.15, -0.1) is 11.6 Å². The fraction of sp³-hybridized carbons (Fsp3) is 0.583. The first-order chi connectivity index (χ1) is 7.72. The maximum absolute atomic E-state index is 11.7.